The number of benzene rings is 1. The maximum absolute atomic E-state index is 5.87. The number of nitrogens with zero attached hydrogens (tertiary/aromatic N) is 1. The minimum atomic E-state index is 0.605. The van der Waals surface area contributed by atoms with Gasteiger partial charge in [0.05, 0.1) is 9.50 Å². The van der Waals surface area contributed by atoms with Crippen LogP contribution in [0, 0.1) is 0 Å². The molecule has 0 aliphatic carbocycles. The third kappa shape index (κ3) is 4.37. The van der Waals surface area contributed by atoms with Crippen LogP contribution in [-0.2, 0) is 6.42 Å². The molecular weight excluding hydrogens is 347 g/mol. The van der Waals surface area contributed by atoms with Crippen LogP contribution in [0.15, 0.2) is 41.0 Å². The molecule has 0 bridgehead atoms. The normalized spacial score (nSPS) is 10.5. The Morgan fingerprint density at radius 3 is 2.84 bits per heavy atom. The van der Waals surface area contributed by atoms with Gasteiger partial charge in [-0.05, 0) is 52.5 Å². The lowest BCUT2D eigenvalue weighted by Gasteiger charge is -2.09. The number of pyridine rings is 1. The zero-order valence-electron chi connectivity index (χ0n) is 10.2. The van der Waals surface area contributed by atoms with E-state index in [4.69, 9.17) is 23.2 Å². The fraction of sp³-hybridized carbons (Fsp3) is 0.214. The largest absolute Gasteiger partial charge is 0.339 e. The van der Waals surface area contributed by atoms with E-state index in [-0.39, 0.29) is 0 Å². The van der Waals surface area contributed by atoms with Gasteiger partial charge in [0.25, 0.3) is 0 Å². The molecule has 1 heterocycles. The summed E-state index contributed by atoms with van der Waals surface area (Å²) < 4.78 is 0.839. The standard InChI is InChI=1S/C14H13BrCl2N2/c15-13-8-11(17)9-18-14(13)19-12-5-1-3-10(7-12)4-2-6-16/h1,3,5,7-9H,2,4,6H2,(H,18,19). The van der Waals surface area contributed by atoms with Crippen molar-refractivity contribution in [1.29, 1.82) is 0 Å². The van der Waals surface area contributed by atoms with Gasteiger partial charge >= 0.3 is 0 Å². The van der Waals surface area contributed by atoms with Crippen molar-refractivity contribution in [2.45, 2.75) is 12.8 Å². The molecule has 100 valence electrons. The molecule has 0 aliphatic heterocycles. The topological polar surface area (TPSA) is 24.9 Å². The van der Waals surface area contributed by atoms with E-state index in [2.05, 4.69) is 38.4 Å². The molecule has 0 atom stereocenters. The van der Waals surface area contributed by atoms with Crippen molar-refractivity contribution in [3.63, 3.8) is 0 Å². The fourth-order valence-corrected chi connectivity index (χ4v) is 2.59. The quantitative estimate of drug-likeness (QED) is 0.721. The van der Waals surface area contributed by atoms with Gasteiger partial charge in [-0.3, -0.25) is 0 Å². The van der Waals surface area contributed by atoms with E-state index < -0.39 is 0 Å². The van der Waals surface area contributed by atoms with Crippen LogP contribution in [0.4, 0.5) is 11.5 Å². The van der Waals surface area contributed by atoms with E-state index in [1.807, 2.05) is 18.2 Å². The summed E-state index contributed by atoms with van der Waals surface area (Å²) in [4.78, 5) is 4.25. The first kappa shape index (κ1) is 14.6. The Morgan fingerprint density at radius 2 is 2.11 bits per heavy atom. The Bertz CT molecular complexity index is 561. The second-order valence-corrected chi connectivity index (χ2v) is 5.77. The van der Waals surface area contributed by atoms with Crippen molar-refractivity contribution in [1.82, 2.24) is 4.98 Å². The summed E-state index contributed by atoms with van der Waals surface area (Å²) in [7, 11) is 0. The van der Waals surface area contributed by atoms with E-state index in [0.29, 0.717) is 10.9 Å². The number of rotatable bonds is 5. The van der Waals surface area contributed by atoms with Crippen LogP contribution in [-0.4, -0.2) is 10.9 Å². The molecule has 0 saturated carbocycles. The number of nitrogens with one attached hydrogen (secondary N) is 1. The smallest absolute Gasteiger partial charge is 0.144 e. The molecule has 0 aliphatic rings. The second kappa shape index (κ2) is 7.13. The third-order valence-electron chi connectivity index (χ3n) is 2.60. The molecule has 5 heteroatoms. The van der Waals surface area contributed by atoms with Crippen LogP contribution in [0.5, 0.6) is 0 Å². The molecule has 1 N–H and O–H groups in total. The van der Waals surface area contributed by atoms with Crippen molar-refractivity contribution in [2.75, 3.05) is 11.2 Å². The summed E-state index contributed by atoms with van der Waals surface area (Å²) in [5.41, 5.74) is 2.26. The fourth-order valence-electron chi connectivity index (χ4n) is 1.72. The zero-order valence-corrected chi connectivity index (χ0v) is 13.3. The van der Waals surface area contributed by atoms with Crippen LogP contribution >= 0.6 is 39.1 Å². The van der Waals surface area contributed by atoms with E-state index in [1.54, 1.807) is 6.20 Å². The molecule has 2 nitrogen and oxygen atoms in total. The van der Waals surface area contributed by atoms with E-state index >= 15 is 0 Å². The maximum atomic E-state index is 5.87. The molecule has 1 aromatic heterocycles. The number of alkyl halides is 1. The molecule has 19 heavy (non-hydrogen) atoms. The van der Waals surface area contributed by atoms with Gasteiger partial charge in [-0.1, -0.05) is 23.7 Å². The number of anilines is 2. The van der Waals surface area contributed by atoms with Gasteiger partial charge in [0.1, 0.15) is 5.82 Å². The number of aryl methyl sites for hydroxylation is 1. The summed E-state index contributed by atoms with van der Waals surface area (Å²) in [5.74, 6) is 1.43. The summed E-state index contributed by atoms with van der Waals surface area (Å²) in [6.07, 6.45) is 3.58. The molecule has 0 unspecified atom stereocenters. The van der Waals surface area contributed by atoms with E-state index in [9.17, 15) is 0 Å². The van der Waals surface area contributed by atoms with Crippen molar-refractivity contribution < 1.29 is 0 Å². The molecule has 0 amide bonds. The highest BCUT2D eigenvalue weighted by Crippen LogP contribution is 2.26. The number of halogens is 3. The predicted octanol–water partition coefficient (Wildman–Crippen LogP) is 5.41. The lowest BCUT2D eigenvalue weighted by molar-refractivity contribution is 0.929. The summed E-state index contributed by atoms with van der Waals surface area (Å²) >= 11 is 15.0. The first-order valence-corrected chi connectivity index (χ1v) is 7.62. The minimum absolute atomic E-state index is 0.605. The van der Waals surface area contributed by atoms with Crippen molar-refractivity contribution >= 4 is 50.6 Å². The zero-order chi connectivity index (χ0) is 13.7. The van der Waals surface area contributed by atoms with Gasteiger partial charge in [0.15, 0.2) is 0 Å². The Labute approximate surface area is 131 Å². The van der Waals surface area contributed by atoms with Gasteiger partial charge in [-0.25, -0.2) is 4.98 Å². The Hall–Kier alpha value is -0.770. The van der Waals surface area contributed by atoms with E-state index in [0.717, 1.165) is 28.8 Å². The highest BCUT2D eigenvalue weighted by molar-refractivity contribution is 9.10. The van der Waals surface area contributed by atoms with Crippen LogP contribution in [0.1, 0.15) is 12.0 Å². The number of hydrogen-bond acceptors (Lipinski definition) is 2. The van der Waals surface area contributed by atoms with Crippen LogP contribution in [0.2, 0.25) is 5.02 Å². The third-order valence-corrected chi connectivity index (χ3v) is 3.68. The molecule has 2 rings (SSSR count). The average molecular weight is 360 g/mol. The maximum Gasteiger partial charge on any atom is 0.144 e. The Kier molecular flexibility index (Phi) is 5.49. The Morgan fingerprint density at radius 1 is 1.26 bits per heavy atom. The summed E-state index contributed by atoms with van der Waals surface area (Å²) in [6, 6.07) is 10.0. The SMILES string of the molecule is ClCCCc1cccc(Nc2ncc(Cl)cc2Br)c1. The van der Waals surface area contributed by atoms with Gasteiger partial charge in [-0.15, -0.1) is 11.6 Å². The summed E-state index contributed by atoms with van der Waals surface area (Å²) in [6.45, 7) is 0. The average Bonchev–Trinajstić information content (AvgIpc) is 2.40. The van der Waals surface area contributed by atoms with Crippen LogP contribution < -0.4 is 5.32 Å². The van der Waals surface area contributed by atoms with Crippen LogP contribution in [0.3, 0.4) is 0 Å². The second-order valence-electron chi connectivity index (χ2n) is 4.10. The number of hydrogen-bond donors (Lipinski definition) is 1. The lowest BCUT2D eigenvalue weighted by Crippen LogP contribution is -1.96. The summed E-state index contributed by atoms with van der Waals surface area (Å²) in [5, 5.41) is 3.87. The van der Waals surface area contributed by atoms with Crippen molar-refractivity contribution in [3.05, 3.63) is 51.6 Å². The first-order valence-electron chi connectivity index (χ1n) is 5.92. The molecule has 0 saturated heterocycles. The lowest BCUT2D eigenvalue weighted by atomic mass is 10.1. The molecule has 0 spiro atoms. The Balaban J connectivity index is 2.14. The number of aromatic nitrogens is 1. The molecule has 1 aromatic carbocycles. The predicted molar refractivity (Wildman–Crippen MR) is 85.7 cm³/mol. The van der Waals surface area contributed by atoms with Gasteiger partial charge < -0.3 is 5.32 Å². The molecule has 2 aromatic rings. The van der Waals surface area contributed by atoms with Crippen LogP contribution in [0.25, 0.3) is 0 Å². The monoisotopic (exact) mass is 358 g/mol. The minimum Gasteiger partial charge on any atom is -0.339 e. The van der Waals surface area contributed by atoms with Crippen molar-refractivity contribution in [3.8, 4) is 0 Å². The molecular formula is C14H13BrCl2N2. The van der Waals surface area contributed by atoms with Gasteiger partial charge in [0, 0.05) is 17.8 Å². The van der Waals surface area contributed by atoms with Gasteiger partial charge in [0.2, 0.25) is 0 Å². The first-order chi connectivity index (χ1) is 9.19. The molecule has 0 fully saturated rings. The highest BCUT2D eigenvalue weighted by Gasteiger charge is 2.03. The molecule has 0 radical (unpaired) electrons. The van der Waals surface area contributed by atoms with Crippen molar-refractivity contribution in [2.24, 2.45) is 0 Å². The highest BCUT2D eigenvalue weighted by atomic mass is 79.9. The van der Waals surface area contributed by atoms with Gasteiger partial charge in [-0.2, -0.15) is 0 Å². The van der Waals surface area contributed by atoms with E-state index in [1.165, 1.54) is 5.56 Å².